The fraction of sp³-hybridized carbons (Fsp3) is 0.310. The molecule has 1 aliphatic heterocycles. The summed E-state index contributed by atoms with van der Waals surface area (Å²) in [6.45, 7) is 5.16. The minimum Gasteiger partial charge on any atom is -0.396 e. The van der Waals surface area contributed by atoms with E-state index in [2.05, 4.69) is 38.6 Å². The Hall–Kier alpha value is -3.26. The van der Waals surface area contributed by atoms with Crippen molar-refractivity contribution < 1.29 is 9.90 Å². The summed E-state index contributed by atoms with van der Waals surface area (Å²) in [5.74, 6) is 0.546. The molecule has 1 saturated heterocycles. The summed E-state index contributed by atoms with van der Waals surface area (Å²) in [6, 6.07) is 16.4. The molecule has 0 bridgehead atoms. The molecule has 2 aromatic heterocycles. The minimum atomic E-state index is -0.0793. The molecular formula is C29H32N4O2S. The van der Waals surface area contributed by atoms with Gasteiger partial charge in [0.15, 0.2) is 0 Å². The smallest absolute Gasteiger partial charge is 0.266 e. The molecule has 0 unspecified atom stereocenters. The van der Waals surface area contributed by atoms with E-state index in [9.17, 15) is 9.90 Å². The zero-order chi connectivity index (χ0) is 24.9. The predicted octanol–water partition coefficient (Wildman–Crippen LogP) is 5.95. The van der Waals surface area contributed by atoms with E-state index in [1.807, 2.05) is 54.8 Å². The zero-order valence-corrected chi connectivity index (χ0v) is 21.4. The highest BCUT2D eigenvalue weighted by Crippen LogP contribution is 2.27. The molecule has 0 atom stereocenters. The SMILES string of the molecule is Cc1ccsc1C(=O)Nc1cc(CN2CCC(CCO)CC2)ccc1C=Cc1n[nH]c2ccccc12. The number of hydrogen-bond donors (Lipinski definition) is 3. The number of nitrogens with zero attached hydrogens (tertiary/aromatic N) is 2. The van der Waals surface area contributed by atoms with Crippen LogP contribution in [-0.2, 0) is 6.54 Å². The van der Waals surface area contributed by atoms with Crippen molar-refractivity contribution in [2.45, 2.75) is 32.7 Å². The van der Waals surface area contributed by atoms with Crippen LogP contribution in [0.15, 0.2) is 53.9 Å². The van der Waals surface area contributed by atoms with Crippen LogP contribution >= 0.6 is 11.3 Å². The number of aryl methyl sites for hydroxylation is 1. The van der Waals surface area contributed by atoms with Crippen LogP contribution in [0.5, 0.6) is 0 Å². The summed E-state index contributed by atoms with van der Waals surface area (Å²) in [7, 11) is 0. The highest BCUT2D eigenvalue weighted by Gasteiger charge is 2.19. The van der Waals surface area contributed by atoms with E-state index in [1.165, 1.54) is 16.9 Å². The Balaban J connectivity index is 1.38. The van der Waals surface area contributed by atoms with Crippen molar-refractivity contribution in [1.82, 2.24) is 15.1 Å². The van der Waals surface area contributed by atoms with Crippen LogP contribution in [0.3, 0.4) is 0 Å². The van der Waals surface area contributed by atoms with Gasteiger partial charge in [-0.1, -0.05) is 36.4 Å². The lowest BCUT2D eigenvalue weighted by Gasteiger charge is -2.31. The van der Waals surface area contributed by atoms with Gasteiger partial charge in [0.25, 0.3) is 5.91 Å². The number of benzene rings is 2. The van der Waals surface area contributed by atoms with Gasteiger partial charge in [0.1, 0.15) is 0 Å². The molecule has 1 fully saturated rings. The average molecular weight is 501 g/mol. The number of rotatable bonds is 8. The lowest BCUT2D eigenvalue weighted by Crippen LogP contribution is -2.33. The minimum absolute atomic E-state index is 0.0793. The van der Waals surface area contributed by atoms with Gasteiger partial charge in [-0.2, -0.15) is 5.10 Å². The van der Waals surface area contributed by atoms with Gasteiger partial charge in [-0.15, -0.1) is 11.3 Å². The standard InChI is InChI=1S/C29H32N4O2S/c1-20-13-17-36-28(20)29(35)30-27-18-22(19-33-14-10-21(11-15-33)12-16-34)6-7-23(27)8-9-26-24-4-2-3-5-25(24)31-32-26/h2-9,13,17-18,21,34H,10-12,14-16,19H2,1H3,(H,30,35)(H,31,32). The number of nitrogens with one attached hydrogen (secondary N) is 2. The Bertz CT molecular complexity index is 1360. The van der Waals surface area contributed by atoms with E-state index in [4.69, 9.17) is 0 Å². The second-order valence-electron chi connectivity index (χ2n) is 9.53. The highest BCUT2D eigenvalue weighted by atomic mass is 32.1. The third-order valence-electron chi connectivity index (χ3n) is 7.01. The van der Waals surface area contributed by atoms with E-state index in [0.29, 0.717) is 5.92 Å². The van der Waals surface area contributed by atoms with E-state index in [0.717, 1.165) is 77.2 Å². The average Bonchev–Trinajstić information content (AvgIpc) is 3.51. The van der Waals surface area contributed by atoms with Crippen molar-refractivity contribution in [1.29, 1.82) is 0 Å². The number of amides is 1. The van der Waals surface area contributed by atoms with E-state index in [1.54, 1.807) is 0 Å². The van der Waals surface area contributed by atoms with Gasteiger partial charge in [0.2, 0.25) is 0 Å². The van der Waals surface area contributed by atoms with Gasteiger partial charge >= 0.3 is 0 Å². The summed E-state index contributed by atoms with van der Waals surface area (Å²) in [6.07, 6.45) is 7.16. The van der Waals surface area contributed by atoms with Crippen LogP contribution in [0.25, 0.3) is 23.1 Å². The zero-order valence-electron chi connectivity index (χ0n) is 20.5. The van der Waals surface area contributed by atoms with E-state index >= 15 is 0 Å². The molecule has 2 aromatic carbocycles. The first kappa shape index (κ1) is 24.4. The molecule has 0 aliphatic carbocycles. The summed E-state index contributed by atoms with van der Waals surface area (Å²) in [5.41, 5.74) is 5.77. The van der Waals surface area contributed by atoms with Crippen molar-refractivity contribution >= 4 is 46.0 Å². The molecule has 0 saturated carbocycles. The number of para-hydroxylation sites is 1. The number of hydrogen-bond acceptors (Lipinski definition) is 5. The molecule has 1 amide bonds. The van der Waals surface area contributed by atoms with Crippen LogP contribution < -0.4 is 5.32 Å². The van der Waals surface area contributed by atoms with Gasteiger partial charge in [-0.3, -0.25) is 14.8 Å². The van der Waals surface area contributed by atoms with Crippen molar-refractivity contribution in [3.8, 4) is 0 Å². The summed E-state index contributed by atoms with van der Waals surface area (Å²) >= 11 is 1.46. The van der Waals surface area contributed by atoms with Crippen molar-refractivity contribution in [2.24, 2.45) is 5.92 Å². The highest BCUT2D eigenvalue weighted by molar-refractivity contribution is 7.12. The summed E-state index contributed by atoms with van der Waals surface area (Å²) in [5, 5.41) is 22.9. The lowest BCUT2D eigenvalue weighted by atomic mass is 9.93. The van der Waals surface area contributed by atoms with Crippen LogP contribution in [0, 0.1) is 12.8 Å². The fourth-order valence-corrected chi connectivity index (χ4v) is 5.71. The predicted molar refractivity (Wildman–Crippen MR) is 148 cm³/mol. The van der Waals surface area contributed by atoms with Crippen molar-refractivity contribution in [3.05, 3.63) is 81.2 Å². The molecule has 7 heteroatoms. The number of likely N-dealkylation sites (tertiary alicyclic amines) is 1. The molecule has 5 rings (SSSR count). The third kappa shape index (κ3) is 5.59. The number of carbonyl (C=O) groups excluding carboxylic acids is 1. The maximum atomic E-state index is 13.1. The number of aromatic amines is 1. The lowest BCUT2D eigenvalue weighted by molar-refractivity contribution is 0.103. The van der Waals surface area contributed by atoms with Gasteiger partial charge in [-0.05, 0) is 91.5 Å². The van der Waals surface area contributed by atoms with Gasteiger partial charge < -0.3 is 10.4 Å². The number of aliphatic hydroxyl groups is 1. The molecule has 1 aliphatic rings. The first-order valence-electron chi connectivity index (χ1n) is 12.5. The number of aromatic nitrogens is 2. The maximum absolute atomic E-state index is 13.1. The molecule has 186 valence electrons. The number of piperidine rings is 1. The van der Waals surface area contributed by atoms with Crippen LogP contribution in [0.4, 0.5) is 5.69 Å². The number of thiophene rings is 1. The normalized spacial score (nSPS) is 15.2. The van der Waals surface area contributed by atoms with Crippen LogP contribution in [0.1, 0.15) is 51.3 Å². The summed E-state index contributed by atoms with van der Waals surface area (Å²) < 4.78 is 0. The molecule has 3 N–H and O–H groups in total. The third-order valence-corrected chi connectivity index (χ3v) is 8.02. The molecule has 6 nitrogen and oxygen atoms in total. The quantitative estimate of drug-likeness (QED) is 0.279. The Morgan fingerprint density at radius 3 is 2.81 bits per heavy atom. The molecular weight excluding hydrogens is 468 g/mol. The number of H-pyrrole nitrogens is 1. The molecule has 4 aromatic rings. The second kappa shape index (κ2) is 11.2. The van der Waals surface area contributed by atoms with Crippen LogP contribution in [0.2, 0.25) is 0 Å². The Labute approximate surface area is 215 Å². The Morgan fingerprint density at radius 2 is 2.03 bits per heavy atom. The number of aliphatic hydroxyl groups excluding tert-OH is 1. The Kier molecular flexibility index (Phi) is 7.60. The van der Waals surface area contributed by atoms with Gasteiger partial charge in [-0.25, -0.2) is 0 Å². The van der Waals surface area contributed by atoms with E-state index < -0.39 is 0 Å². The molecule has 3 heterocycles. The molecule has 0 spiro atoms. The van der Waals surface area contributed by atoms with Crippen LogP contribution in [-0.4, -0.2) is 45.8 Å². The van der Waals surface area contributed by atoms with E-state index in [-0.39, 0.29) is 12.5 Å². The monoisotopic (exact) mass is 500 g/mol. The number of anilines is 1. The van der Waals surface area contributed by atoms with Crippen molar-refractivity contribution in [2.75, 3.05) is 25.0 Å². The molecule has 36 heavy (non-hydrogen) atoms. The fourth-order valence-electron chi connectivity index (χ4n) is 4.89. The molecule has 0 radical (unpaired) electrons. The topological polar surface area (TPSA) is 81.2 Å². The Morgan fingerprint density at radius 1 is 1.19 bits per heavy atom. The van der Waals surface area contributed by atoms with Gasteiger partial charge in [0.05, 0.1) is 16.1 Å². The first-order chi connectivity index (χ1) is 17.6. The number of fused-ring (bicyclic) bond motifs is 1. The van der Waals surface area contributed by atoms with Gasteiger partial charge in [0, 0.05) is 24.2 Å². The van der Waals surface area contributed by atoms with Crippen molar-refractivity contribution in [3.63, 3.8) is 0 Å². The number of carbonyl (C=O) groups is 1. The maximum Gasteiger partial charge on any atom is 0.266 e. The first-order valence-corrected chi connectivity index (χ1v) is 13.4. The second-order valence-corrected chi connectivity index (χ2v) is 10.4. The largest absolute Gasteiger partial charge is 0.396 e. The summed E-state index contributed by atoms with van der Waals surface area (Å²) in [4.78, 5) is 16.3.